The second-order valence-corrected chi connectivity index (χ2v) is 4.13. The summed E-state index contributed by atoms with van der Waals surface area (Å²) in [6, 6.07) is 0. The van der Waals surface area contributed by atoms with Crippen molar-refractivity contribution in [3.05, 3.63) is 0 Å². The van der Waals surface area contributed by atoms with Gasteiger partial charge in [-0.2, -0.15) is 0 Å². The second kappa shape index (κ2) is 6.39. The molecule has 1 atom stereocenters. The molecule has 0 radical (unpaired) electrons. The van der Waals surface area contributed by atoms with Crippen LogP contribution in [0.1, 0.15) is 39.0 Å². The van der Waals surface area contributed by atoms with E-state index < -0.39 is 0 Å². The highest BCUT2D eigenvalue weighted by Gasteiger charge is 2.23. The fourth-order valence-electron chi connectivity index (χ4n) is 2.37. The number of hydrogen-bond acceptors (Lipinski definition) is 2. The molecule has 1 rings (SSSR count). The first-order chi connectivity index (χ1) is 6.38. The van der Waals surface area contributed by atoms with Gasteiger partial charge in [-0.15, -0.1) is 0 Å². The van der Waals surface area contributed by atoms with Gasteiger partial charge >= 0.3 is 0 Å². The number of hydrogen-bond donors (Lipinski definition) is 2. The van der Waals surface area contributed by atoms with Crippen LogP contribution in [0.2, 0.25) is 0 Å². The summed E-state index contributed by atoms with van der Waals surface area (Å²) in [5.74, 6) is 1.37. The van der Waals surface area contributed by atoms with Crippen molar-refractivity contribution in [2.24, 2.45) is 11.8 Å². The van der Waals surface area contributed by atoms with Crippen molar-refractivity contribution in [1.29, 1.82) is 0 Å². The Hall–Kier alpha value is -0.0800. The minimum Gasteiger partial charge on any atom is -0.396 e. The van der Waals surface area contributed by atoms with E-state index in [4.69, 9.17) is 0 Å². The molecule has 0 bridgehead atoms. The standard InChI is InChI=1S/C11H23NO/c1-2-12-8-7-11(9-13)10-5-3-4-6-10/h10-13H,2-9H2,1H3. The van der Waals surface area contributed by atoms with Gasteiger partial charge in [0.1, 0.15) is 0 Å². The Morgan fingerprint density at radius 1 is 1.38 bits per heavy atom. The zero-order valence-corrected chi connectivity index (χ0v) is 8.76. The molecule has 2 nitrogen and oxygen atoms in total. The predicted molar refractivity (Wildman–Crippen MR) is 55.7 cm³/mol. The first kappa shape index (κ1) is 11.0. The van der Waals surface area contributed by atoms with Gasteiger partial charge in [-0.3, -0.25) is 0 Å². The van der Waals surface area contributed by atoms with Gasteiger partial charge < -0.3 is 10.4 Å². The van der Waals surface area contributed by atoms with Crippen LogP contribution < -0.4 is 5.32 Å². The zero-order valence-electron chi connectivity index (χ0n) is 8.76. The Labute approximate surface area is 81.7 Å². The van der Waals surface area contributed by atoms with E-state index in [0.717, 1.165) is 25.4 Å². The molecule has 0 aromatic carbocycles. The van der Waals surface area contributed by atoms with Crippen LogP contribution in [-0.4, -0.2) is 24.8 Å². The van der Waals surface area contributed by atoms with Crippen LogP contribution in [0.5, 0.6) is 0 Å². The quantitative estimate of drug-likeness (QED) is 0.618. The third-order valence-electron chi connectivity index (χ3n) is 3.24. The lowest BCUT2D eigenvalue weighted by Crippen LogP contribution is -2.23. The SMILES string of the molecule is CCNCCC(CO)C1CCCC1. The Kier molecular flexibility index (Phi) is 5.40. The highest BCUT2D eigenvalue weighted by molar-refractivity contribution is 4.75. The van der Waals surface area contributed by atoms with Crippen molar-refractivity contribution in [3.63, 3.8) is 0 Å². The Bertz CT molecular complexity index is 121. The molecule has 1 aliphatic rings. The number of aliphatic hydroxyl groups excluding tert-OH is 1. The Balaban J connectivity index is 2.16. The van der Waals surface area contributed by atoms with Crippen LogP contribution in [0.15, 0.2) is 0 Å². The van der Waals surface area contributed by atoms with Gasteiger partial charge in [0.25, 0.3) is 0 Å². The third kappa shape index (κ3) is 3.65. The molecular formula is C11H23NO. The third-order valence-corrected chi connectivity index (χ3v) is 3.24. The lowest BCUT2D eigenvalue weighted by molar-refractivity contribution is 0.167. The summed E-state index contributed by atoms with van der Waals surface area (Å²) in [6.45, 7) is 4.63. The average Bonchev–Trinajstić information content (AvgIpc) is 2.65. The van der Waals surface area contributed by atoms with Crippen LogP contribution in [0.25, 0.3) is 0 Å². The van der Waals surface area contributed by atoms with E-state index in [2.05, 4.69) is 12.2 Å². The van der Waals surface area contributed by atoms with E-state index >= 15 is 0 Å². The minimum absolute atomic E-state index is 0.385. The largest absolute Gasteiger partial charge is 0.396 e. The zero-order chi connectivity index (χ0) is 9.52. The van der Waals surface area contributed by atoms with Gasteiger partial charge in [0.05, 0.1) is 0 Å². The van der Waals surface area contributed by atoms with Crippen molar-refractivity contribution >= 4 is 0 Å². The maximum Gasteiger partial charge on any atom is 0.0462 e. The van der Waals surface area contributed by atoms with Gasteiger partial charge in [-0.25, -0.2) is 0 Å². The maximum atomic E-state index is 9.26. The minimum atomic E-state index is 0.385. The summed E-state index contributed by atoms with van der Waals surface area (Å²) >= 11 is 0. The van der Waals surface area contributed by atoms with Crippen molar-refractivity contribution in [1.82, 2.24) is 5.32 Å². The molecule has 0 amide bonds. The molecule has 0 heterocycles. The average molecular weight is 185 g/mol. The van der Waals surface area contributed by atoms with E-state index in [-0.39, 0.29) is 0 Å². The molecule has 2 N–H and O–H groups in total. The topological polar surface area (TPSA) is 32.3 Å². The van der Waals surface area contributed by atoms with Crippen molar-refractivity contribution in [2.75, 3.05) is 19.7 Å². The Morgan fingerprint density at radius 3 is 2.62 bits per heavy atom. The molecule has 78 valence electrons. The normalized spacial score (nSPS) is 20.8. The van der Waals surface area contributed by atoms with Gasteiger partial charge in [-0.05, 0) is 31.3 Å². The molecule has 1 aliphatic carbocycles. The van der Waals surface area contributed by atoms with Gasteiger partial charge in [0.2, 0.25) is 0 Å². The van der Waals surface area contributed by atoms with Gasteiger partial charge in [-0.1, -0.05) is 32.6 Å². The molecule has 0 spiro atoms. The fraction of sp³-hybridized carbons (Fsp3) is 1.00. The lowest BCUT2D eigenvalue weighted by atomic mass is 9.89. The summed E-state index contributed by atoms with van der Waals surface area (Å²) in [4.78, 5) is 0. The van der Waals surface area contributed by atoms with Crippen LogP contribution in [0, 0.1) is 11.8 Å². The molecule has 1 unspecified atom stereocenters. The molecule has 0 aromatic rings. The predicted octanol–water partition coefficient (Wildman–Crippen LogP) is 1.78. The summed E-state index contributed by atoms with van der Waals surface area (Å²) < 4.78 is 0. The highest BCUT2D eigenvalue weighted by Crippen LogP contribution is 2.32. The molecular weight excluding hydrogens is 162 g/mol. The van der Waals surface area contributed by atoms with Gasteiger partial charge in [0.15, 0.2) is 0 Å². The smallest absolute Gasteiger partial charge is 0.0462 e. The van der Waals surface area contributed by atoms with E-state index in [0.29, 0.717) is 12.5 Å². The maximum absolute atomic E-state index is 9.26. The molecule has 2 heteroatoms. The van der Waals surface area contributed by atoms with Crippen molar-refractivity contribution < 1.29 is 5.11 Å². The number of rotatable bonds is 6. The van der Waals surface area contributed by atoms with E-state index in [1.165, 1.54) is 25.7 Å². The molecule has 0 aromatic heterocycles. The summed E-state index contributed by atoms with van der Waals surface area (Å²) in [5, 5.41) is 12.6. The fourth-order valence-corrected chi connectivity index (χ4v) is 2.37. The first-order valence-corrected chi connectivity index (χ1v) is 5.70. The van der Waals surface area contributed by atoms with E-state index in [1.807, 2.05) is 0 Å². The monoisotopic (exact) mass is 185 g/mol. The molecule has 13 heavy (non-hydrogen) atoms. The Morgan fingerprint density at radius 2 is 2.08 bits per heavy atom. The molecule has 1 saturated carbocycles. The number of nitrogens with one attached hydrogen (secondary N) is 1. The molecule has 0 aliphatic heterocycles. The second-order valence-electron chi connectivity index (χ2n) is 4.13. The summed E-state index contributed by atoms with van der Waals surface area (Å²) in [7, 11) is 0. The van der Waals surface area contributed by atoms with Crippen LogP contribution >= 0.6 is 0 Å². The van der Waals surface area contributed by atoms with Crippen molar-refractivity contribution in [2.45, 2.75) is 39.0 Å². The van der Waals surface area contributed by atoms with E-state index in [1.54, 1.807) is 0 Å². The van der Waals surface area contributed by atoms with E-state index in [9.17, 15) is 5.11 Å². The van der Waals surface area contributed by atoms with Gasteiger partial charge in [0, 0.05) is 6.61 Å². The lowest BCUT2D eigenvalue weighted by Gasteiger charge is -2.20. The summed E-state index contributed by atoms with van der Waals surface area (Å²) in [5.41, 5.74) is 0. The van der Waals surface area contributed by atoms with Crippen LogP contribution in [-0.2, 0) is 0 Å². The molecule has 1 fully saturated rings. The van der Waals surface area contributed by atoms with Crippen LogP contribution in [0.4, 0.5) is 0 Å². The first-order valence-electron chi connectivity index (χ1n) is 5.70. The van der Waals surface area contributed by atoms with Crippen molar-refractivity contribution in [3.8, 4) is 0 Å². The highest BCUT2D eigenvalue weighted by atomic mass is 16.3. The molecule has 0 saturated heterocycles. The summed E-state index contributed by atoms with van der Waals surface area (Å²) in [6.07, 6.45) is 6.59. The number of aliphatic hydroxyl groups is 1. The van der Waals surface area contributed by atoms with Crippen LogP contribution in [0.3, 0.4) is 0 Å².